The molecule has 0 unspecified atom stereocenters. The summed E-state index contributed by atoms with van der Waals surface area (Å²) in [5.41, 5.74) is 3.27. The van der Waals surface area contributed by atoms with Crippen LogP contribution in [0.25, 0.3) is 0 Å². The number of methoxy groups -OCH3 is 1. The highest BCUT2D eigenvalue weighted by atomic mass is 35.5. The summed E-state index contributed by atoms with van der Waals surface area (Å²) in [6, 6.07) is 9.15. The SMILES string of the molecule is COC(=O)c1ccc(Cl)c2c1[C@@H]1C=CC[C@H]1[C@H](c1ccc(Cl)c(Cl)c1)N2. The minimum absolute atomic E-state index is 0.0164. The standard InChI is InChI=1S/C20H16Cl3NO2/c1-26-20(25)13-6-8-15(22)19-17(13)11-3-2-4-12(11)18(24-19)10-5-7-14(21)16(23)9-10/h2-3,5-9,11-12,18,24H,4H2,1H3/t11-,12-,18+/m1/s1. The number of carbonyl (C=O) groups is 1. The third-order valence-electron chi connectivity index (χ3n) is 5.18. The lowest BCUT2D eigenvalue weighted by atomic mass is 9.75. The molecule has 0 saturated carbocycles. The highest BCUT2D eigenvalue weighted by Gasteiger charge is 2.41. The van der Waals surface area contributed by atoms with Crippen LogP contribution < -0.4 is 5.32 Å². The normalized spacial score (nSPS) is 23.2. The second-order valence-electron chi connectivity index (χ2n) is 6.52. The van der Waals surface area contributed by atoms with Crippen molar-refractivity contribution in [2.24, 2.45) is 5.92 Å². The van der Waals surface area contributed by atoms with E-state index in [-0.39, 0.29) is 23.8 Å². The van der Waals surface area contributed by atoms with E-state index in [1.54, 1.807) is 18.2 Å². The molecule has 2 aromatic carbocycles. The van der Waals surface area contributed by atoms with Crippen LogP contribution >= 0.6 is 34.8 Å². The third kappa shape index (κ3) is 2.79. The first-order valence-corrected chi connectivity index (χ1v) is 9.43. The zero-order chi connectivity index (χ0) is 18.4. The molecule has 1 N–H and O–H groups in total. The molecular weight excluding hydrogens is 393 g/mol. The minimum Gasteiger partial charge on any atom is -0.465 e. The van der Waals surface area contributed by atoms with E-state index in [1.165, 1.54) is 7.11 Å². The fraction of sp³-hybridized carbons (Fsp3) is 0.250. The largest absolute Gasteiger partial charge is 0.465 e. The van der Waals surface area contributed by atoms with Crippen molar-refractivity contribution in [3.63, 3.8) is 0 Å². The number of halogens is 3. The van der Waals surface area contributed by atoms with Crippen LogP contribution in [0.3, 0.4) is 0 Å². The van der Waals surface area contributed by atoms with Gasteiger partial charge < -0.3 is 10.1 Å². The molecule has 3 nitrogen and oxygen atoms in total. The number of esters is 1. The molecule has 0 amide bonds. The Morgan fingerprint density at radius 1 is 1.12 bits per heavy atom. The van der Waals surface area contributed by atoms with Crippen molar-refractivity contribution in [2.75, 3.05) is 12.4 Å². The number of rotatable bonds is 2. The van der Waals surface area contributed by atoms with Crippen molar-refractivity contribution in [1.82, 2.24) is 0 Å². The molecule has 1 heterocycles. The fourth-order valence-electron chi connectivity index (χ4n) is 4.00. The van der Waals surface area contributed by atoms with Gasteiger partial charge >= 0.3 is 5.97 Å². The number of fused-ring (bicyclic) bond motifs is 3. The molecule has 3 atom stereocenters. The molecular formula is C20H16Cl3NO2. The molecule has 0 spiro atoms. The Hall–Kier alpha value is -1.68. The summed E-state index contributed by atoms with van der Waals surface area (Å²) in [5.74, 6) is -0.0214. The topological polar surface area (TPSA) is 38.3 Å². The molecule has 4 rings (SSSR count). The zero-order valence-corrected chi connectivity index (χ0v) is 16.2. The molecule has 0 radical (unpaired) electrons. The van der Waals surface area contributed by atoms with Crippen LogP contribution in [0, 0.1) is 5.92 Å². The number of benzene rings is 2. The molecule has 6 heteroatoms. The summed E-state index contributed by atoms with van der Waals surface area (Å²) >= 11 is 18.8. The highest BCUT2D eigenvalue weighted by molar-refractivity contribution is 6.42. The fourth-order valence-corrected chi connectivity index (χ4v) is 4.52. The maximum atomic E-state index is 12.3. The molecule has 26 heavy (non-hydrogen) atoms. The van der Waals surface area contributed by atoms with Gasteiger partial charge in [0.2, 0.25) is 0 Å². The lowest BCUT2D eigenvalue weighted by molar-refractivity contribution is 0.0598. The van der Waals surface area contributed by atoms with E-state index >= 15 is 0 Å². The Morgan fingerprint density at radius 3 is 2.62 bits per heavy atom. The first-order valence-electron chi connectivity index (χ1n) is 8.30. The quantitative estimate of drug-likeness (QED) is 0.471. The first-order chi connectivity index (χ1) is 12.5. The number of nitrogens with one attached hydrogen (secondary N) is 1. The number of ether oxygens (including phenoxy) is 1. The average molecular weight is 409 g/mol. The van der Waals surface area contributed by atoms with Crippen LogP contribution in [0.2, 0.25) is 15.1 Å². The smallest absolute Gasteiger partial charge is 0.338 e. The van der Waals surface area contributed by atoms with Crippen LogP contribution in [-0.2, 0) is 4.74 Å². The minimum atomic E-state index is -0.355. The number of hydrogen-bond donors (Lipinski definition) is 1. The summed E-state index contributed by atoms with van der Waals surface area (Å²) in [7, 11) is 1.39. The van der Waals surface area contributed by atoms with Gasteiger partial charge in [0.05, 0.1) is 39.5 Å². The molecule has 1 aliphatic heterocycles. The van der Waals surface area contributed by atoms with Gasteiger partial charge in [-0.3, -0.25) is 0 Å². The van der Waals surface area contributed by atoms with Crippen LogP contribution in [0.4, 0.5) is 5.69 Å². The second-order valence-corrected chi connectivity index (χ2v) is 7.75. The van der Waals surface area contributed by atoms with Crippen molar-refractivity contribution < 1.29 is 9.53 Å². The van der Waals surface area contributed by atoms with E-state index in [1.807, 2.05) is 12.1 Å². The van der Waals surface area contributed by atoms with Gasteiger partial charge in [0, 0.05) is 5.92 Å². The third-order valence-corrected chi connectivity index (χ3v) is 6.23. The molecule has 0 fully saturated rings. The van der Waals surface area contributed by atoms with E-state index in [2.05, 4.69) is 17.5 Å². The zero-order valence-electron chi connectivity index (χ0n) is 13.9. The molecule has 2 aromatic rings. The van der Waals surface area contributed by atoms with Crippen molar-refractivity contribution >= 4 is 46.5 Å². The Bertz CT molecular complexity index is 926. The number of hydrogen-bond acceptors (Lipinski definition) is 3. The molecule has 2 aliphatic rings. The monoisotopic (exact) mass is 407 g/mol. The predicted octanol–water partition coefficient (Wildman–Crippen LogP) is 6.26. The van der Waals surface area contributed by atoms with Crippen molar-refractivity contribution in [3.8, 4) is 0 Å². The second kappa shape index (κ2) is 6.80. The van der Waals surface area contributed by atoms with E-state index in [0.29, 0.717) is 20.6 Å². The lowest BCUT2D eigenvalue weighted by Crippen LogP contribution is -2.30. The van der Waals surface area contributed by atoms with E-state index < -0.39 is 0 Å². The Morgan fingerprint density at radius 2 is 1.88 bits per heavy atom. The summed E-state index contributed by atoms with van der Waals surface area (Å²) in [6.07, 6.45) is 5.20. The van der Waals surface area contributed by atoms with Crippen LogP contribution in [0.5, 0.6) is 0 Å². The Balaban J connectivity index is 1.86. The number of allylic oxidation sites excluding steroid dienone is 2. The molecule has 134 valence electrons. The molecule has 1 aliphatic carbocycles. The predicted molar refractivity (Wildman–Crippen MR) is 106 cm³/mol. The van der Waals surface area contributed by atoms with Crippen molar-refractivity contribution in [1.29, 1.82) is 0 Å². The van der Waals surface area contributed by atoms with E-state index in [9.17, 15) is 4.79 Å². The molecule has 0 bridgehead atoms. The van der Waals surface area contributed by atoms with Gasteiger partial charge in [0.25, 0.3) is 0 Å². The average Bonchev–Trinajstić information content (AvgIpc) is 3.13. The van der Waals surface area contributed by atoms with Gasteiger partial charge in [-0.1, -0.05) is 53.0 Å². The number of anilines is 1. The summed E-state index contributed by atoms with van der Waals surface area (Å²) in [5, 5.41) is 5.17. The van der Waals surface area contributed by atoms with Crippen LogP contribution in [-0.4, -0.2) is 13.1 Å². The van der Waals surface area contributed by atoms with Gasteiger partial charge in [-0.2, -0.15) is 0 Å². The maximum Gasteiger partial charge on any atom is 0.338 e. The first kappa shape index (κ1) is 17.7. The van der Waals surface area contributed by atoms with Gasteiger partial charge in [-0.25, -0.2) is 4.79 Å². The molecule has 0 saturated heterocycles. The van der Waals surface area contributed by atoms with Gasteiger partial charge in [0.1, 0.15) is 0 Å². The summed E-state index contributed by atoms with van der Waals surface area (Å²) < 4.78 is 4.97. The summed E-state index contributed by atoms with van der Waals surface area (Å²) in [4.78, 5) is 12.3. The highest BCUT2D eigenvalue weighted by Crippen LogP contribution is 2.53. The van der Waals surface area contributed by atoms with Crippen LogP contribution in [0.1, 0.15) is 39.9 Å². The van der Waals surface area contributed by atoms with Gasteiger partial charge in [0.15, 0.2) is 0 Å². The summed E-state index contributed by atoms with van der Waals surface area (Å²) in [6.45, 7) is 0. The maximum absolute atomic E-state index is 12.3. The Labute approximate surface area is 166 Å². The molecule has 0 aromatic heterocycles. The van der Waals surface area contributed by atoms with E-state index in [0.717, 1.165) is 23.2 Å². The van der Waals surface area contributed by atoms with Crippen LogP contribution in [0.15, 0.2) is 42.5 Å². The van der Waals surface area contributed by atoms with Gasteiger partial charge in [-0.15, -0.1) is 0 Å². The lowest BCUT2D eigenvalue weighted by Gasteiger charge is -2.38. The van der Waals surface area contributed by atoms with E-state index in [4.69, 9.17) is 39.5 Å². The number of carbonyl (C=O) groups excluding carboxylic acids is 1. The van der Waals surface area contributed by atoms with Crippen molar-refractivity contribution in [3.05, 3.63) is 74.2 Å². The van der Waals surface area contributed by atoms with Gasteiger partial charge in [-0.05, 0) is 47.7 Å². The Kier molecular flexibility index (Phi) is 4.64. The van der Waals surface area contributed by atoms with Crippen molar-refractivity contribution in [2.45, 2.75) is 18.4 Å².